The average molecular weight is 259 g/mol. The van der Waals surface area contributed by atoms with Crippen molar-refractivity contribution in [1.82, 2.24) is 5.32 Å². The molecular weight excluding hydrogens is 234 g/mol. The zero-order valence-electron chi connectivity index (χ0n) is 12.0. The number of aryl methyl sites for hydroxylation is 1. The second-order valence-corrected chi connectivity index (χ2v) is 5.59. The fraction of sp³-hybridized carbons (Fsp3) is 0.588. The predicted octanol–water partition coefficient (Wildman–Crippen LogP) is 3.74. The van der Waals surface area contributed by atoms with Crippen molar-refractivity contribution in [1.29, 1.82) is 0 Å². The van der Waals surface area contributed by atoms with Gasteiger partial charge in [-0.25, -0.2) is 0 Å². The lowest BCUT2D eigenvalue weighted by atomic mass is 9.95. The van der Waals surface area contributed by atoms with Gasteiger partial charge in [0.25, 0.3) is 0 Å². The number of hydrogen-bond acceptors (Lipinski definition) is 2. The summed E-state index contributed by atoms with van der Waals surface area (Å²) in [6.45, 7) is 2.66. The molecular formula is C17H25NO. The molecule has 1 aromatic rings. The summed E-state index contributed by atoms with van der Waals surface area (Å²) in [7, 11) is 0. The Kier molecular flexibility index (Phi) is 5.59. The van der Waals surface area contributed by atoms with E-state index in [1.54, 1.807) is 0 Å². The number of benzene rings is 1. The van der Waals surface area contributed by atoms with Gasteiger partial charge in [-0.05, 0) is 24.8 Å². The molecule has 1 aliphatic carbocycles. The average Bonchev–Trinajstić information content (AvgIpc) is 2.47. The summed E-state index contributed by atoms with van der Waals surface area (Å²) in [6, 6.07) is 8.65. The number of hydrogen-bond donors (Lipinski definition) is 1. The molecule has 0 radical (unpaired) electrons. The van der Waals surface area contributed by atoms with Gasteiger partial charge in [-0.2, -0.15) is 0 Å². The van der Waals surface area contributed by atoms with E-state index in [0.29, 0.717) is 12.6 Å². The van der Waals surface area contributed by atoms with E-state index in [-0.39, 0.29) is 5.78 Å². The van der Waals surface area contributed by atoms with Crippen LogP contribution < -0.4 is 5.32 Å². The first kappa shape index (κ1) is 14.3. The van der Waals surface area contributed by atoms with E-state index in [4.69, 9.17) is 0 Å². The minimum Gasteiger partial charge on any atom is -0.307 e. The molecule has 0 atom stereocenters. The van der Waals surface area contributed by atoms with E-state index < -0.39 is 0 Å². The van der Waals surface area contributed by atoms with E-state index in [0.717, 1.165) is 18.4 Å². The molecule has 1 N–H and O–H groups in total. The van der Waals surface area contributed by atoms with Crippen molar-refractivity contribution in [3.63, 3.8) is 0 Å². The molecule has 0 aromatic heterocycles. The van der Waals surface area contributed by atoms with Gasteiger partial charge in [-0.15, -0.1) is 0 Å². The van der Waals surface area contributed by atoms with Crippen LogP contribution in [-0.2, 0) is 6.42 Å². The summed E-state index contributed by atoms with van der Waals surface area (Å²) in [6.07, 6.45) is 8.65. The predicted molar refractivity (Wildman–Crippen MR) is 79.6 cm³/mol. The first-order chi connectivity index (χ1) is 9.29. The van der Waals surface area contributed by atoms with Gasteiger partial charge in [-0.3, -0.25) is 4.79 Å². The molecule has 2 nitrogen and oxygen atoms in total. The summed E-state index contributed by atoms with van der Waals surface area (Å²) in [5.41, 5.74) is 2.16. The van der Waals surface area contributed by atoms with Gasteiger partial charge in [0.15, 0.2) is 5.78 Å². The van der Waals surface area contributed by atoms with Crippen LogP contribution in [0.4, 0.5) is 0 Å². The standard InChI is InChI=1S/C17H25NO/c1-2-6-14-9-11-15(12-10-14)17(19)13-18-16-7-4-3-5-8-16/h9-12,16,18H,2-8,13H2,1H3. The van der Waals surface area contributed by atoms with Crippen molar-refractivity contribution < 1.29 is 4.79 Å². The molecule has 1 aromatic carbocycles. The topological polar surface area (TPSA) is 29.1 Å². The molecule has 0 bridgehead atoms. The Morgan fingerprint density at radius 3 is 2.47 bits per heavy atom. The molecule has 2 rings (SSSR count). The third-order valence-electron chi connectivity index (χ3n) is 3.97. The van der Waals surface area contributed by atoms with Crippen LogP contribution in [-0.4, -0.2) is 18.4 Å². The van der Waals surface area contributed by atoms with Crippen molar-refractivity contribution in [2.75, 3.05) is 6.54 Å². The summed E-state index contributed by atoms with van der Waals surface area (Å²) in [5.74, 6) is 0.216. The second-order valence-electron chi connectivity index (χ2n) is 5.59. The highest BCUT2D eigenvalue weighted by Crippen LogP contribution is 2.17. The Morgan fingerprint density at radius 1 is 1.16 bits per heavy atom. The van der Waals surface area contributed by atoms with Crippen LogP contribution in [0.1, 0.15) is 61.4 Å². The maximum absolute atomic E-state index is 12.1. The van der Waals surface area contributed by atoms with Crippen LogP contribution in [0.25, 0.3) is 0 Å². The first-order valence-corrected chi connectivity index (χ1v) is 7.65. The zero-order valence-corrected chi connectivity index (χ0v) is 12.0. The largest absolute Gasteiger partial charge is 0.307 e. The maximum Gasteiger partial charge on any atom is 0.176 e. The van der Waals surface area contributed by atoms with Crippen LogP contribution in [0.15, 0.2) is 24.3 Å². The Balaban J connectivity index is 1.81. The van der Waals surface area contributed by atoms with Crippen LogP contribution in [0.3, 0.4) is 0 Å². The molecule has 1 saturated carbocycles. The fourth-order valence-corrected chi connectivity index (χ4v) is 2.79. The summed E-state index contributed by atoms with van der Waals surface area (Å²) in [5, 5.41) is 3.41. The van der Waals surface area contributed by atoms with Crippen LogP contribution >= 0.6 is 0 Å². The van der Waals surface area contributed by atoms with E-state index >= 15 is 0 Å². The number of rotatable bonds is 6. The summed E-state index contributed by atoms with van der Waals surface area (Å²) >= 11 is 0. The molecule has 0 saturated heterocycles. The number of carbonyl (C=O) groups is 1. The maximum atomic E-state index is 12.1. The number of nitrogens with one attached hydrogen (secondary N) is 1. The van der Waals surface area contributed by atoms with E-state index in [2.05, 4.69) is 24.4 Å². The van der Waals surface area contributed by atoms with Gasteiger partial charge < -0.3 is 5.32 Å². The normalized spacial score (nSPS) is 16.5. The lowest BCUT2D eigenvalue weighted by molar-refractivity contribution is 0.0984. The lowest BCUT2D eigenvalue weighted by Crippen LogP contribution is -2.35. The Labute approximate surface area is 116 Å². The highest BCUT2D eigenvalue weighted by Gasteiger charge is 2.14. The third kappa shape index (κ3) is 4.46. The fourth-order valence-electron chi connectivity index (χ4n) is 2.79. The molecule has 1 fully saturated rings. The molecule has 0 heterocycles. The second kappa shape index (κ2) is 7.44. The number of ketones is 1. The van der Waals surface area contributed by atoms with Crippen LogP contribution in [0.5, 0.6) is 0 Å². The Morgan fingerprint density at radius 2 is 1.84 bits per heavy atom. The van der Waals surface area contributed by atoms with Gasteiger partial charge in [0.1, 0.15) is 0 Å². The summed E-state index contributed by atoms with van der Waals surface area (Å²) < 4.78 is 0. The minimum atomic E-state index is 0.216. The van der Waals surface area contributed by atoms with Crippen molar-refractivity contribution in [2.45, 2.75) is 57.9 Å². The number of carbonyl (C=O) groups excluding carboxylic acids is 1. The van der Waals surface area contributed by atoms with Gasteiger partial charge in [0.2, 0.25) is 0 Å². The molecule has 0 spiro atoms. The molecule has 1 aliphatic rings. The SMILES string of the molecule is CCCc1ccc(C(=O)CNC2CCCCC2)cc1. The third-order valence-corrected chi connectivity index (χ3v) is 3.97. The first-order valence-electron chi connectivity index (χ1n) is 7.65. The van der Waals surface area contributed by atoms with Crippen LogP contribution in [0.2, 0.25) is 0 Å². The number of Topliss-reactive ketones (excluding diaryl/α,β-unsaturated/α-hetero) is 1. The molecule has 0 aliphatic heterocycles. The highest BCUT2D eigenvalue weighted by molar-refractivity contribution is 5.97. The Bertz CT molecular complexity index is 390. The molecule has 104 valence electrons. The van der Waals surface area contributed by atoms with Crippen molar-refractivity contribution in [2.24, 2.45) is 0 Å². The van der Waals surface area contributed by atoms with Gasteiger partial charge in [0, 0.05) is 11.6 Å². The lowest BCUT2D eigenvalue weighted by Gasteiger charge is -2.22. The van der Waals surface area contributed by atoms with E-state index in [1.165, 1.54) is 37.7 Å². The Hall–Kier alpha value is -1.15. The quantitative estimate of drug-likeness (QED) is 0.788. The molecule has 0 unspecified atom stereocenters. The van der Waals surface area contributed by atoms with Crippen molar-refractivity contribution in [3.8, 4) is 0 Å². The highest BCUT2D eigenvalue weighted by atomic mass is 16.1. The van der Waals surface area contributed by atoms with Gasteiger partial charge in [0.05, 0.1) is 6.54 Å². The molecule has 2 heteroatoms. The zero-order chi connectivity index (χ0) is 13.5. The van der Waals surface area contributed by atoms with Gasteiger partial charge in [-0.1, -0.05) is 56.9 Å². The smallest absolute Gasteiger partial charge is 0.176 e. The van der Waals surface area contributed by atoms with Crippen molar-refractivity contribution in [3.05, 3.63) is 35.4 Å². The van der Waals surface area contributed by atoms with Crippen LogP contribution in [0, 0.1) is 0 Å². The minimum absolute atomic E-state index is 0.216. The monoisotopic (exact) mass is 259 g/mol. The van der Waals surface area contributed by atoms with E-state index in [1.807, 2.05) is 12.1 Å². The summed E-state index contributed by atoms with van der Waals surface area (Å²) in [4.78, 5) is 12.1. The molecule has 19 heavy (non-hydrogen) atoms. The van der Waals surface area contributed by atoms with Crippen molar-refractivity contribution >= 4 is 5.78 Å². The van der Waals surface area contributed by atoms with Gasteiger partial charge >= 0.3 is 0 Å². The van der Waals surface area contributed by atoms with E-state index in [9.17, 15) is 4.79 Å². The molecule has 0 amide bonds.